The maximum atomic E-state index is 14.0. The number of aromatic nitrogens is 2. The normalized spacial score (nSPS) is 33.1. The molecular weight excluding hydrogens is 169 g/mol. The molecule has 0 spiro atoms. The predicted octanol–water partition coefficient (Wildman–Crippen LogP) is 1.01. The highest BCUT2D eigenvalue weighted by molar-refractivity contribution is 5.27. The molecule has 0 aliphatic heterocycles. The van der Waals surface area contributed by atoms with E-state index in [1.54, 1.807) is 17.9 Å². The quantitative estimate of drug-likeness (QED) is 0.706. The van der Waals surface area contributed by atoms with Crippen molar-refractivity contribution in [1.29, 1.82) is 0 Å². The monoisotopic (exact) mass is 183 g/mol. The van der Waals surface area contributed by atoms with Gasteiger partial charge in [0, 0.05) is 37.7 Å². The van der Waals surface area contributed by atoms with Crippen molar-refractivity contribution in [2.24, 2.45) is 12.8 Å². The van der Waals surface area contributed by atoms with Gasteiger partial charge >= 0.3 is 0 Å². The van der Waals surface area contributed by atoms with Crippen LogP contribution in [0.2, 0.25) is 0 Å². The molecule has 1 heterocycles. The van der Waals surface area contributed by atoms with Crippen LogP contribution in [0.3, 0.4) is 0 Å². The molecule has 1 saturated carbocycles. The standard InChI is InChI=1S/C9H14FN3/c1-6-8(5-13(2)12-6)9(10)3-7(11)4-9/h5,7H,3-4,11H2,1-2H3. The fourth-order valence-corrected chi connectivity index (χ4v) is 2.03. The van der Waals surface area contributed by atoms with E-state index in [1.165, 1.54) is 0 Å². The summed E-state index contributed by atoms with van der Waals surface area (Å²) in [7, 11) is 1.80. The van der Waals surface area contributed by atoms with Crippen LogP contribution in [0.5, 0.6) is 0 Å². The molecule has 0 amide bonds. The molecule has 0 atom stereocenters. The Bertz CT molecular complexity index is 326. The largest absolute Gasteiger partial charge is 0.327 e. The van der Waals surface area contributed by atoms with Crippen LogP contribution in [-0.4, -0.2) is 15.8 Å². The van der Waals surface area contributed by atoms with Crippen LogP contribution < -0.4 is 5.73 Å². The Kier molecular flexibility index (Phi) is 1.70. The Hall–Kier alpha value is -0.900. The first-order chi connectivity index (χ1) is 6.01. The first-order valence-corrected chi connectivity index (χ1v) is 4.46. The lowest BCUT2D eigenvalue weighted by atomic mass is 9.73. The Morgan fingerprint density at radius 2 is 2.31 bits per heavy atom. The molecule has 1 aromatic heterocycles. The highest BCUT2D eigenvalue weighted by atomic mass is 19.1. The molecule has 0 aromatic carbocycles. The van der Waals surface area contributed by atoms with Gasteiger partial charge in [0.05, 0.1) is 5.69 Å². The predicted molar refractivity (Wildman–Crippen MR) is 47.9 cm³/mol. The molecule has 72 valence electrons. The van der Waals surface area contributed by atoms with Crippen LogP contribution in [0.25, 0.3) is 0 Å². The topological polar surface area (TPSA) is 43.8 Å². The molecule has 4 heteroatoms. The summed E-state index contributed by atoms with van der Waals surface area (Å²) in [5, 5.41) is 4.12. The smallest absolute Gasteiger partial charge is 0.142 e. The zero-order valence-electron chi connectivity index (χ0n) is 7.92. The minimum absolute atomic E-state index is 0.0182. The maximum absolute atomic E-state index is 14.0. The second-order valence-corrected chi connectivity index (χ2v) is 3.94. The highest BCUT2D eigenvalue weighted by Crippen LogP contribution is 2.45. The van der Waals surface area contributed by atoms with E-state index in [9.17, 15) is 4.39 Å². The summed E-state index contributed by atoms with van der Waals surface area (Å²) in [5.74, 6) is 0. The second kappa shape index (κ2) is 2.54. The minimum atomic E-state index is -1.21. The molecule has 2 N–H and O–H groups in total. The average Bonchev–Trinajstić information content (AvgIpc) is 2.27. The van der Waals surface area contributed by atoms with E-state index in [-0.39, 0.29) is 6.04 Å². The third-order valence-electron chi connectivity index (χ3n) is 2.67. The zero-order valence-corrected chi connectivity index (χ0v) is 7.92. The van der Waals surface area contributed by atoms with Gasteiger partial charge in [-0.1, -0.05) is 0 Å². The van der Waals surface area contributed by atoms with E-state index in [4.69, 9.17) is 5.73 Å². The summed E-state index contributed by atoms with van der Waals surface area (Å²) in [5.41, 5.74) is 5.85. The Balaban J connectivity index is 2.30. The van der Waals surface area contributed by atoms with Gasteiger partial charge in [0.15, 0.2) is 0 Å². The molecule has 0 saturated heterocycles. The number of hydrogen-bond donors (Lipinski definition) is 1. The van der Waals surface area contributed by atoms with Crippen molar-refractivity contribution >= 4 is 0 Å². The SMILES string of the molecule is Cc1nn(C)cc1C1(F)CC(N)C1. The van der Waals surface area contributed by atoms with Gasteiger partial charge in [-0.3, -0.25) is 4.68 Å². The van der Waals surface area contributed by atoms with Crippen molar-refractivity contribution < 1.29 is 4.39 Å². The fraction of sp³-hybridized carbons (Fsp3) is 0.667. The molecule has 3 nitrogen and oxygen atoms in total. The van der Waals surface area contributed by atoms with Crippen molar-refractivity contribution in [2.75, 3.05) is 0 Å². The number of aryl methyl sites for hydroxylation is 2. The van der Waals surface area contributed by atoms with Crippen LogP contribution >= 0.6 is 0 Å². The van der Waals surface area contributed by atoms with E-state index in [1.807, 2.05) is 6.92 Å². The lowest BCUT2D eigenvalue weighted by Gasteiger charge is -2.39. The molecule has 0 bridgehead atoms. The number of halogens is 1. The van der Waals surface area contributed by atoms with Gasteiger partial charge in [-0.15, -0.1) is 0 Å². The van der Waals surface area contributed by atoms with Crippen molar-refractivity contribution in [3.63, 3.8) is 0 Å². The third kappa shape index (κ3) is 1.25. The van der Waals surface area contributed by atoms with E-state index < -0.39 is 5.67 Å². The summed E-state index contributed by atoms with van der Waals surface area (Å²) in [6.07, 6.45) is 2.61. The summed E-state index contributed by atoms with van der Waals surface area (Å²) in [6, 6.07) is 0.0182. The zero-order chi connectivity index (χ0) is 9.64. The van der Waals surface area contributed by atoms with Crippen LogP contribution in [0.4, 0.5) is 4.39 Å². The van der Waals surface area contributed by atoms with E-state index in [2.05, 4.69) is 5.10 Å². The molecule has 0 unspecified atom stereocenters. The molecule has 2 rings (SSSR count). The van der Waals surface area contributed by atoms with Gasteiger partial charge in [-0.05, 0) is 6.92 Å². The summed E-state index contributed by atoms with van der Waals surface area (Å²) < 4.78 is 15.7. The molecule has 13 heavy (non-hydrogen) atoms. The number of hydrogen-bond acceptors (Lipinski definition) is 2. The van der Waals surface area contributed by atoms with Crippen molar-refractivity contribution in [3.8, 4) is 0 Å². The molecular formula is C9H14FN3. The maximum Gasteiger partial charge on any atom is 0.142 e. The van der Waals surface area contributed by atoms with Crippen LogP contribution in [0, 0.1) is 6.92 Å². The van der Waals surface area contributed by atoms with Gasteiger partial charge in [-0.2, -0.15) is 5.10 Å². The van der Waals surface area contributed by atoms with Gasteiger partial charge in [0.25, 0.3) is 0 Å². The first-order valence-electron chi connectivity index (χ1n) is 4.46. The average molecular weight is 183 g/mol. The highest BCUT2D eigenvalue weighted by Gasteiger charge is 2.46. The molecule has 1 fully saturated rings. The Morgan fingerprint density at radius 3 is 2.69 bits per heavy atom. The minimum Gasteiger partial charge on any atom is -0.327 e. The van der Waals surface area contributed by atoms with Crippen LogP contribution in [0.1, 0.15) is 24.1 Å². The molecule has 1 aliphatic carbocycles. The van der Waals surface area contributed by atoms with E-state index >= 15 is 0 Å². The number of rotatable bonds is 1. The third-order valence-corrected chi connectivity index (χ3v) is 2.67. The van der Waals surface area contributed by atoms with Crippen LogP contribution in [0.15, 0.2) is 6.20 Å². The van der Waals surface area contributed by atoms with Gasteiger partial charge < -0.3 is 5.73 Å². The summed E-state index contributed by atoms with van der Waals surface area (Å²) in [6.45, 7) is 1.83. The lowest BCUT2D eigenvalue weighted by Crippen LogP contribution is -2.46. The number of nitrogens with two attached hydrogens (primary N) is 1. The Labute approximate surface area is 76.7 Å². The van der Waals surface area contributed by atoms with E-state index in [0.29, 0.717) is 18.4 Å². The van der Waals surface area contributed by atoms with Crippen LogP contribution in [-0.2, 0) is 12.7 Å². The van der Waals surface area contributed by atoms with Gasteiger partial charge in [0.2, 0.25) is 0 Å². The Morgan fingerprint density at radius 1 is 1.69 bits per heavy atom. The van der Waals surface area contributed by atoms with Crippen molar-refractivity contribution in [2.45, 2.75) is 31.5 Å². The lowest BCUT2D eigenvalue weighted by molar-refractivity contribution is 0.0399. The van der Waals surface area contributed by atoms with Crippen molar-refractivity contribution in [3.05, 3.63) is 17.5 Å². The number of nitrogens with zero attached hydrogens (tertiary/aromatic N) is 2. The van der Waals surface area contributed by atoms with E-state index in [0.717, 1.165) is 5.69 Å². The summed E-state index contributed by atoms with van der Waals surface area (Å²) in [4.78, 5) is 0. The molecule has 1 aromatic rings. The fourth-order valence-electron chi connectivity index (χ4n) is 2.03. The first kappa shape index (κ1) is 8.69. The van der Waals surface area contributed by atoms with Gasteiger partial charge in [0.1, 0.15) is 5.67 Å². The molecule has 0 radical (unpaired) electrons. The summed E-state index contributed by atoms with van der Waals surface area (Å²) >= 11 is 0. The van der Waals surface area contributed by atoms with Gasteiger partial charge in [-0.25, -0.2) is 4.39 Å². The number of alkyl halides is 1. The molecule has 1 aliphatic rings. The van der Waals surface area contributed by atoms with Crippen molar-refractivity contribution in [1.82, 2.24) is 9.78 Å². The second-order valence-electron chi connectivity index (χ2n) is 3.94.